The van der Waals surface area contributed by atoms with Crippen molar-refractivity contribution in [2.24, 2.45) is 7.05 Å². The van der Waals surface area contributed by atoms with E-state index < -0.39 is 27.9 Å². The number of sulfonamides is 1. The Bertz CT molecular complexity index is 892. The maximum Gasteiger partial charge on any atom is 0.416 e. The maximum atomic E-state index is 12.7. The highest BCUT2D eigenvalue weighted by Crippen LogP contribution is 2.31. The van der Waals surface area contributed by atoms with E-state index in [0.717, 1.165) is 18.3 Å². The van der Waals surface area contributed by atoms with E-state index in [1.165, 1.54) is 10.5 Å². The van der Waals surface area contributed by atoms with Crippen LogP contribution >= 0.6 is 0 Å². The summed E-state index contributed by atoms with van der Waals surface area (Å²) in [6.07, 6.45) is -2.29. The first-order valence-corrected chi connectivity index (χ1v) is 9.21. The summed E-state index contributed by atoms with van der Waals surface area (Å²) in [6.45, 7) is 1.91. The minimum atomic E-state index is -4.50. The average molecular weight is 390 g/mol. The molecular formula is C15H17F3N4O3S. The predicted molar refractivity (Wildman–Crippen MR) is 85.0 cm³/mol. The van der Waals surface area contributed by atoms with E-state index in [9.17, 15) is 21.6 Å². The fourth-order valence-electron chi connectivity index (χ4n) is 2.62. The van der Waals surface area contributed by atoms with Crippen LogP contribution in [-0.2, 0) is 23.2 Å². The Kier molecular flexibility index (Phi) is 4.69. The van der Waals surface area contributed by atoms with Gasteiger partial charge in [-0.3, -0.25) is 0 Å². The summed E-state index contributed by atoms with van der Waals surface area (Å²) in [5.74, 6) is 0.376. The largest absolute Gasteiger partial charge is 0.473 e. The fraction of sp³-hybridized carbons (Fsp3) is 0.467. The molecule has 2 aromatic rings. The number of aromatic nitrogens is 3. The van der Waals surface area contributed by atoms with Crippen LogP contribution < -0.4 is 4.74 Å². The summed E-state index contributed by atoms with van der Waals surface area (Å²) in [5.41, 5.74) is -0.867. The highest BCUT2D eigenvalue weighted by molar-refractivity contribution is 7.89. The first-order chi connectivity index (χ1) is 12.1. The Morgan fingerprint density at radius 1 is 1.35 bits per heavy atom. The van der Waals surface area contributed by atoms with Crippen LogP contribution in [0, 0.1) is 6.92 Å². The number of imidazole rings is 1. The lowest BCUT2D eigenvalue weighted by Crippen LogP contribution is -2.31. The molecule has 3 heterocycles. The van der Waals surface area contributed by atoms with E-state index in [1.807, 2.05) is 0 Å². The zero-order valence-electron chi connectivity index (χ0n) is 14.1. The van der Waals surface area contributed by atoms with Crippen LogP contribution in [0.2, 0.25) is 0 Å². The van der Waals surface area contributed by atoms with Gasteiger partial charge in [0.25, 0.3) is 10.0 Å². The second kappa shape index (κ2) is 6.54. The van der Waals surface area contributed by atoms with Gasteiger partial charge >= 0.3 is 6.18 Å². The Hall–Kier alpha value is -2.14. The van der Waals surface area contributed by atoms with Crippen molar-refractivity contribution in [1.29, 1.82) is 0 Å². The third-order valence-corrected chi connectivity index (χ3v) is 5.88. The monoisotopic (exact) mass is 390 g/mol. The number of alkyl halides is 3. The quantitative estimate of drug-likeness (QED) is 0.798. The van der Waals surface area contributed by atoms with Gasteiger partial charge in [0.1, 0.15) is 11.9 Å². The molecule has 0 N–H and O–H groups in total. The van der Waals surface area contributed by atoms with Gasteiger partial charge < -0.3 is 9.30 Å². The second-order valence-electron chi connectivity index (χ2n) is 6.01. The van der Waals surface area contributed by atoms with Gasteiger partial charge in [-0.05, 0) is 19.4 Å². The molecule has 0 bridgehead atoms. The molecule has 0 spiro atoms. The van der Waals surface area contributed by atoms with E-state index in [0.29, 0.717) is 12.2 Å². The van der Waals surface area contributed by atoms with Crippen LogP contribution in [0.25, 0.3) is 0 Å². The van der Waals surface area contributed by atoms with Gasteiger partial charge in [-0.25, -0.2) is 18.4 Å². The van der Waals surface area contributed by atoms with Crippen molar-refractivity contribution in [3.8, 4) is 5.88 Å². The number of pyridine rings is 1. The lowest BCUT2D eigenvalue weighted by atomic mass is 10.2. The van der Waals surface area contributed by atoms with Gasteiger partial charge in [0.05, 0.1) is 12.1 Å². The Morgan fingerprint density at radius 3 is 2.69 bits per heavy atom. The molecule has 1 unspecified atom stereocenters. The molecule has 1 atom stereocenters. The van der Waals surface area contributed by atoms with E-state index >= 15 is 0 Å². The van der Waals surface area contributed by atoms with E-state index in [1.54, 1.807) is 18.5 Å². The molecule has 2 aromatic heterocycles. The lowest BCUT2D eigenvalue weighted by Gasteiger charge is -2.16. The molecule has 7 nitrogen and oxygen atoms in total. The first kappa shape index (κ1) is 18.6. The molecule has 11 heteroatoms. The number of rotatable bonds is 4. The van der Waals surface area contributed by atoms with Crippen molar-refractivity contribution in [2.75, 3.05) is 13.1 Å². The number of hydrogen-bond acceptors (Lipinski definition) is 5. The molecule has 0 saturated carbocycles. The smallest absolute Gasteiger partial charge is 0.416 e. The standard InChI is InChI=1S/C15H17F3N4O3S/c1-10-20-14(9-21(10)2)26(23,24)22-6-4-12(8-22)25-13-7-11(3-5-19-13)15(16,17)18/h3,5,7,9,12H,4,6,8H2,1-2H3. The van der Waals surface area contributed by atoms with Gasteiger partial charge in [0.15, 0.2) is 5.03 Å². The molecule has 142 valence electrons. The third-order valence-electron chi connectivity index (χ3n) is 4.15. The van der Waals surface area contributed by atoms with Crippen LogP contribution in [-0.4, -0.2) is 46.5 Å². The first-order valence-electron chi connectivity index (χ1n) is 7.77. The van der Waals surface area contributed by atoms with Gasteiger partial charge in [-0.2, -0.15) is 17.5 Å². The Morgan fingerprint density at radius 2 is 2.08 bits per heavy atom. The van der Waals surface area contributed by atoms with Gasteiger partial charge in [0, 0.05) is 32.1 Å². The fourth-order valence-corrected chi connectivity index (χ4v) is 4.13. The molecule has 0 radical (unpaired) electrons. The average Bonchev–Trinajstić information content (AvgIpc) is 3.15. The molecule has 1 saturated heterocycles. The highest BCUT2D eigenvalue weighted by atomic mass is 32.2. The van der Waals surface area contributed by atoms with Crippen LogP contribution in [0.4, 0.5) is 13.2 Å². The SMILES string of the molecule is Cc1nc(S(=O)(=O)N2CCC(Oc3cc(C(F)(F)F)ccn3)C2)cn1C. The van der Waals surface area contributed by atoms with Crippen molar-refractivity contribution in [3.05, 3.63) is 35.9 Å². The predicted octanol–water partition coefficient (Wildman–Crippen LogP) is 1.98. The van der Waals surface area contributed by atoms with Gasteiger partial charge in [-0.1, -0.05) is 0 Å². The van der Waals surface area contributed by atoms with Crippen molar-refractivity contribution >= 4 is 10.0 Å². The normalized spacial score (nSPS) is 19.0. The third kappa shape index (κ3) is 3.68. The van der Waals surface area contributed by atoms with Crippen molar-refractivity contribution in [2.45, 2.75) is 30.7 Å². The number of hydrogen-bond donors (Lipinski definition) is 0. The molecule has 0 aromatic carbocycles. The van der Waals surface area contributed by atoms with E-state index in [2.05, 4.69) is 9.97 Å². The minimum absolute atomic E-state index is 0.0237. The maximum absolute atomic E-state index is 12.7. The second-order valence-corrected chi connectivity index (χ2v) is 7.89. The number of aryl methyl sites for hydroxylation is 2. The van der Waals surface area contributed by atoms with E-state index in [-0.39, 0.29) is 24.0 Å². The van der Waals surface area contributed by atoms with Crippen molar-refractivity contribution in [3.63, 3.8) is 0 Å². The molecule has 3 rings (SSSR count). The molecule has 0 amide bonds. The molecule has 0 aliphatic carbocycles. The summed E-state index contributed by atoms with van der Waals surface area (Å²) in [5, 5.41) is -0.0599. The Labute approximate surface area is 148 Å². The topological polar surface area (TPSA) is 77.3 Å². The molecular weight excluding hydrogens is 373 g/mol. The number of nitrogens with zero attached hydrogens (tertiary/aromatic N) is 4. The summed E-state index contributed by atoms with van der Waals surface area (Å²) >= 11 is 0. The zero-order valence-corrected chi connectivity index (χ0v) is 14.9. The van der Waals surface area contributed by atoms with Crippen LogP contribution in [0.3, 0.4) is 0 Å². The van der Waals surface area contributed by atoms with Crippen LogP contribution in [0.5, 0.6) is 5.88 Å². The van der Waals surface area contributed by atoms with Crippen LogP contribution in [0.15, 0.2) is 29.6 Å². The van der Waals surface area contributed by atoms with Crippen LogP contribution in [0.1, 0.15) is 17.8 Å². The summed E-state index contributed by atoms with van der Waals surface area (Å²) < 4.78 is 71.7. The van der Waals surface area contributed by atoms with Crippen molar-refractivity contribution < 1.29 is 26.3 Å². The summed E-state index contributed by atoms with van der Waals surface area (Å²) in [4.78, 5) is 7.80. The Balaban J connectivity index is 1.71. The van der Waals surface area contributed by atoms with E-state index in [4.69, 9.17) is 4.74 Å². The number of halogens is 3. The summed E-state index contributed by atoms with van der Waals surface area (Å²) in [6, 6.07) is 1.65. The highest BCUT2D eigenvalue weighted by Gasteiger charge is 2.36. The summed E-state index contributed by atoms with van der Waals surface area (Å²) in [7, 11) is -2.08. The molecule has 1 aliphatic heterocycles. The van der Waals surface area contributed by atoms with Gasteiger partial charge in [-0.15, -0.1) is 0 Å². The van der Waals surface area contributed by atoms with Gasteiger partial charge in [0.2, 0.25) is 5.88 Å². The molecule has 1 fully saturated rings. The molecule has 26 heavy (non-hydrogen) atoms. The minimum Gasteiger partial charge on any atom is -0.473 e. The lowest BCUT2D eigenvalue weighted by molar-refractivity contribution is -0.137. The number of ether oxygens (including phenoxy) is 1. The van der Waals surface area contributed by atoms with Crippen molar-refractivity contribution in [1.82, 2.24) is 18.8 Å². The molecule has 1 aliphatic rings. The zero-order chi connectivity index (χ0) is 19.1.